The molecule has 1 aliphatic heterocycles. The van der Waals surface area contributed by atoms with Gasteiger partial charge in [0.05, 0.1) is 43.0 Å². The molecule has 5 rings (SSSR count). The molecule has 4 aromatic heterocycles. The molecule has 5 heterocycles. The van der Waals surface area contributed by atoms with E-state index in [9.17, 15) is 0 Å². The minimum absolute atomic E-state index is 0.142. The molecule has 0 aromatic carbocycles. The van der Waals surface area contributed by atoms with Gasteiger partial charge in [-0.2, -0.15) is 5.10 Å². The number of hydrogen-bond donors (Lipinski definition) is 1. The molecule has 9 nitrogen and oxygen atoms in total. The molecule has 10 heteroatoms. The number of aromatic amines is 1. The fourth-order valence-corrected chi connectivity index (χ4v) is 3.73. The molecule has 0 radical (unpaired) electrons. The molecule has 4 aromatic rings. The van der Waals surface area contributed by atoms with Gasteiger partial charge in [0.15, 0.2) is 5.82 Å². The molecule has 0 aliphatic carbocycles. The van der Waals surface area contributed by atoms with Crippen LogP contribution in [0.5, 0.6) is 0 Å². The molecule has 0 bridgehead atoms. The first kappa shape index (κ1) is 17.7. The van der Waals surface area contributed by atoms with Crippen LogP contribution in [0.4, 0.5) is 10.2 Å². The largest absolute Gasteiger partial charge is 0.377 e. The van der Waals surface area contributed by atoms with Crippen molar-refractivity contribution < 1.29 is 9.13 Å². The van der Waals surface area contributed by atoms with Crippen molar-refractivity contribution in [2.75, 3.05) is 24.7 Å². The van der Waals surface area contributed by atoms with Gasteiger partial charge in [0.2, 0.25) is 0 Å². The predicted molar refractivity (Wildman–Crippen MR) is 105 cm³/mol. The first-order valence-electron chi connectivity index (χ1n) is 9.32. The Balaban J connectivity index is 1.84. The average molecular weight is 394 g/mol. The van der Waals surface area contributed by atoms with E-state index in [-0.39, 0.29) is 6.04 Å². The van der Waals surface area contributed by atoms with Crippen LogP contribution in [-0.2, 0) is 11.8 Å². The van der Waals surface area contributed by atoms with E-state index in [1.54, 1.807) is 30.2 Å². The molecule has 29 heavy (non-hydrogen) atoms. The summed E-state index contributed by atoms with van der Waals surface area (Å²) in [6.07, 6.45) is 4.47. The third-order valence-electron chi connectivity index (χ3n) is 5.18. The fourth-order valence-electron chi connectivity index (χ4n) is 3.73. The standard InChI is InChI=1S/C19H19FN8O/c1-11-10-29-6-5-28(11)16-7-12(15-9-23-26-27(15)2)17-13(20)8-21-18(19(17)24-16)14-3-4-22-25-14/h3-4,7-9,11H,5-6,10H2,1-2H3,(H,22,25)/t11-/m1/s1. The number of anilines is 1. The summed E-state index contributed by atoms with van der Waals surface area (Å²) in [5, 5.41) is 15.3. The summed E-state index contributed by atoms with van der Waals surface area (Å²) in [7, 11) is 1.78. The van der Waals surface area contributed by atoms with Crippen molar-refractivity contribution in [2.45, 2.75) is 13.0 Å². The molecule has 1 aliphatic rings. The van der Waals surface area contributed by atoms with Gasteiger partial charge in [-0.25, -0.2) is 19.0 Å². The van der Waals surface area contributed by atoms with E-state index in [1.165, 1.54) is 6.20 Å². The van der Waals surface area contributed by atoms with E-state index in [2.05, 4.69) is 37.3 Å². The smallest absolute Gasteiger partial charge is 0.151 e. The summed E-state index contributed by atoms with van der Waals surface area (Å²) >= 11 is 0. The SMILES string of the molecule is C[C@@H]1COCCN1c1cc(-c2cnnn2C)c2c(F)cnc(-c3ccn[nH]3)c2n1. The minimum atomic E-state index is -0.450. The molecule has 1 N–H and O–H groups in total. The number of ether oxygens (including phenoxy) is 1. The number of hydrogen-bond acceptors (Lipinski definition) is 7. The molecule has 0 spiro atoms. The van der Waals surface area contributed by atoms with Crippen molar-refractivity contribution in [2.24, 2.45) is 7.05 Å². The number of aryl methyl sites for hydroxylation is 1. The Morgan fingerprint density at radius 2 is 2.21 bits per heavy atom. The van der Waals surface area contributed by atoms with Crippen LogP contribution >= 0.6 is 0 Å². The maximum Gasteiger partial charge on any atom is 0.151 e. The highest BCUT2D eigenvalue weighted by atomic mass is 19.1. The zero-order chi connectivity index (χ0) is 20.0. The number of fused-ring (bicyclic) bond motifs is 1. The van der Waals surface area contributed by atoms with Crippen LogP contribution in [0.2, 0.25) is 0 Å². The van der Waals surface area contributed by atoms with Gasteiger partial charge < -0.3 is 9.64 Å². The normalized spacial score (nSPS) is 17.2. The number of halogens is 1. The summed E-state index contributed by atoms with van der Waals surface area (Å²) < 4.78 is 22.2. The Hall–Kier alpha value is -3.40. The first-order chi connectivity index (χ1) is 14.1. The van der Waals surface area contributed by atoms with E-state index in [1.807, 2.05) is 6.07 Å². The van der Waals surface area contributed by atoms with Crippen LogP contribution in [0.25, 0.3) is 33.5 Å². The molecule has 148 valence electrons. The zero-order valence-electron chi connectivity index (χ0n) is 16.0. The molecule has 0 saturated carbocycles. The Bertz CT molecular complexity index is 1170. The lowest BCUT2D eigenvalue weighted by molar-refractivity contribution is 0.0986. The summed E-state index contributed by atoms with van der Waals surface area (Å²) in [4.78, 5) is 11.3. The highest BCUT2D eigenvalue weighted by Gasteiger charge is 2.25. The van der Waals surface area contributed by atoms with E-state index >= 15 is 4.39 Å². The number of aromatic nitrogens is 7. The number of rotatable bonds is 3. The summed E-state index contributed by atoms with van der Waals surface area (Å²) in [6.45, 7) is 4.00. The van der Waals surface area contributed by atoms with Crippen molar-refractivity contribution in [3.8, 4) is 22.6 Å². The molecule has 1 saturated heterocycles. The number of morpholine rings is 1. The first-order valence-corrected chi connectivity index (χ1v) is 9.32. The van der Waals surface area contributed by atoms with Gasteiger partial charge in [0, 0.05) is 30.7 Å². The predicted octanol–water partition coefficient (Wildman–Crippen LogP) is 2.18. The molecular formula is C19H19FN8O. The maximum atomic E-state index is 15.0. The highest BCUT2D eigenvalue weighted by Crippen LogP contribution is 2.36. The highest BCUT2D eigenvalue weighted by molar-refractivity contribution is 6.01. The Kier molecular flexibility index (Phi) is 4.20. The van der Waals surface area contributed by atoms with Gasteiger partial charge in [-0.05, 0) is 19.1 Å². The van der Waals surface area contributed by atoms with Gasteiger partial charge in [-0.15, -0.1) is 5.10 Å². The molecular weight excluding hydrogens is 375 g/mol. The summed E-state index contributed by atoms with van der Waals surface area (Å²) in [5.41, 5.74) is 3.03. The lowest BCUT2D eigenvalue weighted by atomic mass is 10.0. The quantitative estimate of drug-likeness (QED) is 0.569. The Labute approximate surface area is 165 Å². The van der Waals surface area contributed by atoms with E-state index in [4.69, 9.17) is 9.72 Å². The second-order valence-corrected chi connectivity index (χ2v) is 7.04. The second kappa shape index (κ2) is 6.89. The summed E-state index contributed by atoms with van der Waals surface area (Å²) in [6, 6.07) is 3.82. The van der Waals surface area contributed by atoms with Crippen molar-refractivity contribution in [3.05, 3.63) is 36.5 Å². The Morgan fingerprint density at radius 1 is 1.31 bits per heavy atom. The van der Waals surface area contributed by atoms with Gasteiger partial charge in [-0.3, -0.25) is 5.10 Å². The third-order valence-corrected chi connectivity index (χ3v) is 5.18. The van der Waals surface area contributed by atoms with Crippen molar-refractivity contribution in [1.29, 1.82) is 0 Å². The second-order valence-electron chi connectivity index (χ2n) is 7.04. The van der Waals surface area contributed by atoms with E-state index in [0.29, 0.717) is 53.3 Å². The van der Waals surface area contributed by atoms with Crippen LogP contribution in [-0.4, -0.2) is 61.0 Å². The number of H-pyrrole nitrogens is 1. The monoisotopic (exact) mass is 394 g/mol. The lowest BCUT2D eigenvalue weighted by Gasteiger charge is -2.34. The number of nitrogens with zero attached hydrogens (tertiary/aromatic N) is 7. The van der Waals surface area contributed by atoms with E-state index in [0.717, 1.165) is 5.82 Å². The van der Waals surface area contributed by atoms with Crippen LogP contribution < -0.4 is 4.90 Å². The Morgan fingerprint density at radius 3 is 2.93 bits per heavy atom. The van der Waals surface area contributed by atoms with Gasteiger partial charge in [-0.1, -0.05) is 5.21 Å². The van der Waals surface area contributed by atoms with Gasteiger partial charge in [0.1, 0.15) is 17.0 Å². The van der Waals surface area contributed by atoms with Crippen LogP contribution in [0.3, 0.4) is 0 Å². The fraction of sp³-hybridized carbons (Fsp3) is 0.316. The van der Waals surface area contributed by atoms with E-state index < -0.39 is 5.82 Å². The lowest BCUT2D eigenvalue weighted by Crippen LogP contribution is -2.44. The molecule has 0 amide bonds. The molecule has 1 atom stereocenters. The number of pyridine rings is 2. The van der Waals surface area contributed by atoms with Crippen LogP contribution in [0, 0.1) is 5.82 Å². The number of nitrogens with one attached hydrogen (secondary N) is 1. The molecule has 0 unspecified atom stereocenters. The minimum Gasteiger partial charge on any atom is -0.377 e. The average Bonchev–Trinajstić information content (AvgIpc) is 3.40. The van der Waals surface area contributed by atoms with Gasteiger partial charge >= 0.3 is 0 Å². The third kappa shape index (κ3) is 2.92. The maximum absolute atomic E-state index is 15.0. The van der Waals surface area contributed by atoms with Crippen molar-refractivity contribution in [1.82, 2.24) is 35.2 Å². The molecule has 1 fully saturated rings. The van der Waals surface area contributed by atoms with Crippen molar-refractivity contribution in [3.63, 3.8) is 0 Å². The van der Waals surface area contributed by atoms with Crippen molar-refractivity contribution >= 4 is 16.7 Å². The summed E-state index contributed by atoms with van der Waals surface area (Å²) in [5.74, 6) is 0.284. The van der Waals surface area contributed by atoms with Crippen LogP contribution in [0.1, 0.15) is 6.92 Å². The van der Waals surface area contributed by atoms with Gasteiger partial charge in [0.25, 0.3) is 0 Å². The zero-order valence-corrected chi connectivity index (χ0v) is 16.0. The topological polar surface area (TPSA) is 97.6 Å². The van der Waals surface area contributed by atoms with Crippen LogP contribution in [0.15, 0.2) is 30.7 Å².